The van der Waals surface area contributed by atoms with Gasteiger partial charge in [0.25, 0.3) is 11.6 Å². The number of non-ortho nitro benzene ring substituents is 1. The Kier molecular flexibility index (Phi) is 4.47. The van der Waals surface area contributed by atoms with Crippen LogP contribution in [0.15, 0.2) is 71.4 Å². The average molecular weight is 334 g/mol. The fourth-order valence-corrected chi connectivity index (χ4v) is 2.54. The van der Waals surface area contributed by atoms with Gasteiger partial charge in [0.2, 0.25) is 0 Å². The molecule has 124 valence electrons. The molecule has 7 heteroatoms. The van der Waals surface area contributed by atoms with Gasteiger partial charge in [-0.1, -0.05) is 36.4 Å². The third kappa shape index (κ3) is 3.20. The second kappa shape index (κ2) is 6.88. The fraction of sp³-hybridized carbons (Fsp3) is 0.0556. The SMILES string of the molecule is C=CCN1C(=O)/C(=N/N=C\c2cccc([N+](=O)[O-])c2)c2ccccc21. The summed E-state index contributed by atoms with van der Waals surface area (Å²) in [4.78, 5) is 24.4. The molecule has 1 heterocycles. The zero-order valence-corrected chi connectivity index (χ0v) is 13.2. The first-order valence-corrected chi connectivity index (χ1v) is 7.49. The van der Waals surface area contributed by atoms with Crippen molar-refractivity contribution in [1.82, 2.24) is 0 Å². The van der Waals surface area contributed by atoms with Crippen LogP contribution in [0.25, 0.3) is 0 Å². The lowest BCUT2D eigenvalue weighted by atomic mass is 10.1. The molecule has 1 amide bonds. The molecule has 0 aliphatic carbocycles. The minimum Gasteiger partial charge on any atom is -0.302 e. The highest BCUT2D eigenvalue weighted by molar-refractivity contribution is 6.54. The Hall–Kier alpha value is -3.61. The van der Waals surface area contributed by atoms with E-state index in [4.69, 9.17) is 0 Å². The maximum Gasteiger partial charge on any atom is 0.279 e. The minimum absolute atomic E-state index is 0.0314. The van der Waals surface area contributed by atoms with Gasteiger partial charge in [-0.05, 0) is 6.07 Å². The molecular formula is C18H14N4O3. The molecule has 25 heavy (non-hydrogen) atoms. The van der Waals surface area contributed by atoms with Crippen LogP contribution in [0.3, 0.4) is 0 Å². The summed E-state index contributed by atoms with van der Waals surface area (Å²) in [5.74, 6) is -0.253. The van der Waals surface area contributed by atoms with Crippen molar-refractivity contribution in [2.45, 2.75) is 0 Å². The molecule has 0 spiro atoms. The average Bonchev–Trinajstić information content (AvgIpc) is 2.88. The molecule has 0 radical (unpaired) electrons. The van der Waals surface area contributed by atoms with E-state index < -0.39 is 4.92 Å². The molecule has 0 fully saturated rings. The number of hydrogen-bond donors (Lipinski definition) is 0. The van der Waals surface area contributed by atoms with Gasteiger partial charge < -0.3 is 4.90 Å². The molecule has 0 bridgehead atoms. The summed E-state index contributed by atoms with van der Waals surface area (Å²) in [6.07, 6.45) is 3.02. The highest BCUT2D eigenvalue weighted by atomic mass is 16.6. The Bertz CT molecular complexity index is 918. The van der Waals surface area contributed by atoms with Crippen molar-refractivity contribution in [3.8, 4) is 0 Å². The number of para-hydroxylation sites is 1. The van der Waals surface area contributed by atoms with Crippen molar-refractivity contribution in [3.05, 3.63) is 82.4 Å². The zero-order chi connectivity index (χ0) is 17.8. The second-order valence-electron chi connectivity index (χ2n) is 5.27. The number of hydrogen-bond acceptors (Lipinski definition) is 5. The summed E-state index contributed by atoms with van der Waals surface area (Å²) in [5, 5.41) is 18.8. The van der Waals surface area contributed by atoms with Crippen molar-refractivity contribution < 1.29 is 9.72 Å². The van der Waals surface area contributed by atoms with E-state index in [1.54, 1.807) is 29.2 Å². The summed E-state index contributed by atoms with van der Waals surface area (Å²) in [5.41, 5.74) is 2.19. The number of anilines is 1. The normalized spacial score (nSPS) is 15.0. The topological polar surface area (TPSA) is 88.2 Å². The van der Waals surface area contributed by atoms with Crippen LogP contribution in [0.4, 0.5) is 11.4 Å². The molecule has 2 aromatic carbocycles. The van der Waals surface area contributed by atoms with Crippen LogP contribution in [0.1, 0.15) is 11.1 Å². The van der Waals surface area contributed by atoms with Crippen LogP contribution in [-0.4, -0.2) is 29.3 Å². The van der Waals surface area contributed by atoms with Gasteiger partial charge in [0.1, 0.15) is 0 Å². The standard InChI is InChI=1S/C18H14N4O3/c1-2-10-21-16-9-4-3-8-15(16)17(18(21)23)20-19-12-13-6-5-7-14(11-13)22(24)25/h2-9,11-12H,1,10H2/b19-12-,20-17+. The maximum atomic E-state index is 12.5. The fourth-order valence-electron chi connectivity index (χ4n) is 2.54. The largest absolute Gasteiger partial charge is 0.302 e. The summed E-state index contributed by atoms with van der Waals surface area (Å²) < 4.78 is 0. The highest BCUT2D eigenvalue weighted by Gasteiger charge is 2.32. The van der Waals surface area contributed by atoms with E-state index in [0.717, 1.165) is 5.69 Å². The molecule has 7 nitrogen and oxygen atoms in total. The molecule has 3 rings (SSSR count). The Morgan fingerprint density at radius 3 is 2.76 bits per heavy atom. The predicted octanol–water partition coefficient (Wildman–Crippen LogP) is 2.95. The van der Waals surface area contributed by atoms with E-state index >= 15 is 0 Å². The summed E-state index contributed by atoms with van der Waals surface area (Å²) >= 11 is 0. The summed E-state index contributed by atoms with van der Waals surface area (Å²) in [7, 11) is 0. The van der Waals surface area contributed by atoms with Gasteiger partial charge >= 0.3 is 0 Å². The van der Waals surface area contributed by atoms with Crippen LogP contribution in [0.5, 0.6) is 0 Å². The van der Waals surface area contributed by atoms with Crippen LogP contribution < -0.4 is 4.90 Å². The summed E-state index contributed by atoms with van der Waals surface area (Å²) in [6, 6.07) is 13.3. The number of carbonyl (C=O) groups is 1. The number of carbonyl (C=O) groups excluding carboxylic acids is 1. The minimum atomic E-state index is -0.479. The van der Waals surface area contributed by atoms with Crippen molar-refractivity contribution in [2.24, 2.45) is 10.2 Å². The first-order chi connectivity index (χ1) is 12.1. The van der Waals surface area contributed by atoms with Gasteiger partial charge in [-0.2, -0.15) is 5.10 Å². The highest BCUT2D eigenvalue weighted by Crippen LogP contribution is 2.29. The van der Waals surface area contributed by atoms with E-state index in [1.165, 1.54) is 18.3 Å². The quantitative estimate of drug-likeness (QED) is 0.364. The van der Waals surface area contributed by atoms with Crippen molar-refractivity contribution in [3.63, 3.8) is 0 Å². The lowest BCUT2D eigenvalue weighted by molar-refractivity contribution is -0.384. The predicted molar refractivity (Wildman–Crippen MR) is 96.2 cm³/mol. The van der Waals surface area contributed by atoms with Crippen LogP contribution in [-0.2, 0) is 4.79 Å². The van der Waals surface area contributed by atoms with E-state index in [9.17, 15) is 14.9 Å². The molecule has 2 aromatic rings. The Labute approximate surface area is 143 Å². The number of nitro groups is 1. The monoisotopic (exact) mass is 334 g/mol. The van der Waals surface area contributed by atoms with E-state index in [0.29, 0.717) is 17.7 Å². The molecule has 0 saturated heterocycles. The molecule has 0 unspecified atom stereocenters. The van der Waals surface area contributed by atoms with Gasteiger partial charge in [-0.15, -0.1) is 11.7 Å². The summed E-state index contributed by atoms with van der Waals surface area (Å²) in [6.45, 7) is 4.04. The lowest BCUT2D eigenvalue weighted by Gasteiger charge is -2.13. The Morgan fingerprint density at radius 2 is 2.00 bits per heavy atom. The third-order valence-corrected chi connectivity index (χ3v) is 3.65. The van der Waals surface area contributed by atoms with Gasteiger partial charge in [0.05, 0.1) is 16.8 Å². The Morgan fingerprint density at radius 1 is 1.20 bits per heavy atom. The first kappa shape index (κ1) is 16.3. The van der Waals surface area contributed by atoms with E-state index in [1.807, 2.05) is 18.2 Å². The third-order valence-electron chi connectivity index (χ3n) is 3.65. The smallest absolute Gasteiger partial charge is 0.279 e. The zero-order valence-electron chi connectivity index (χ0n) is 13.2. The molecular weight excluding hydrogens is 320 g/mol. The van der Waals surface area contributed by atoms with Crippen LogP contribution in [0, 0.1) is 10.1 Å². The van der Waals surface area contributed by atoms with Crippen LogP contribution >= 0.6 is 0 Å². The molecule has 0 aromatic heterocycles. The molecule has 1 aliphatic heterocycles. The number of nitrogens with zero attached hydrogens (tertiary/aromatic N) is 4. The van der Waals surface area contributed by atoms with Gasteiger partial charge in [-0.25, -0.2) is 0 Å². The number of nitro benzene ring substituents is 1. The molecule has 0 saturated carbocycles. The number of benzene rings is 2. The number of amides is 1. The second-order valence-corrected chi connectivity index (χ2v) is 5.27. The number of rotatable bonds is 5. The van der Waals surface area contributed by atoms with Gasteiger partial charge in [0, 0.05) is 29.8 Å². The lowest BCUT2D eigenvalue weighted by Crippen LogP contribution is -2.30. The molecule has 0 atom stereocenters. The van der Waals surface area contributed by atoms with E-state index in [-0.39, 0.29) is 17.3 Å². The molecule has 0 N–H and O–H groups in total. The Balaban J connectivity index is 1.91. The molecule has 1 aliphatic rings. The van der Waals surface area contributed by atoms with Crippen LogP contribution in [0.2, 0.25) is 0 Å². The van der Waals surface area contributed by atoms with Crippen molar-refractivity contribution >= 4 is 29.2 Å². The van der Waals surface area contributed by atoms with Gasteiger partial charge in [0.15, 0.2) is 5.71 Å². The maximum absolute atomic E-state index is 12.5. The van der Waals surface area contributed by atoms with E-state index in [2.05, 4.69) is 16.8 Å². The van der Waals surface area contributed by atoms with Crippen molar-refractivity contribution in [2.75, 3.05) is 11.4 Å². The van der Waals surface area contributed by atoms with Crippen molar-refractivity contribution in [1.29, 1.82) is 0 Å². The van der Waals surface area contributed by atoms with Gasteiger partial charge in [-0.3, -0.25) is 14.9 Å². The first-order valence-electron chi connectivity index (χ1n) is 7.49. The number of fused-ring (bicyclic) bond motifs is 1.